The van der Waals surface area contributed by atoms with Crippen molar-refractivity contribution in [3.05, 3.63) is 28.3 Å². The molecule has 0 bridgehead atoms. The fourth-order valence-electron chi connectivity index (χ4n) is 1.23. The van der Waals surface area contributed by atoms with E-state index in [-0.39, 0.29) is 23.8 Å². The Morgan fingerprint density at radius 2 is 1.90 bits per heavy atom. The molecule has 9 heteroatoms. The summed E-state index contributed by atoms with van der Waals surface area (Å²) in [5.41, 5.74) is -0.183. The van der Waals surface area contributed by atoms with E-state index in [2.05, 4.69) is 9.47 Å². The van der Waals surface area contributed by atoms with E-state index in [1.54, 1.807) is 0 Å². The molecule has 0 radical (unpaired) electrons. The molecule has 0 aliphatic carbocycles. The average Bonchev–Trinajstić information content (AvgIpc) is 2.50. The molecule has 1 rings (SSSR count). The number of rotatable bonds is 7. The Kier molecular flexibility index (Phi) is 6.47. The first-order chi connectivity index (χ1) is 9.97. The summed E-state index contributed by atoms with van der Waals surface area (Å²) < 4.78 is 14.1. The van der Waals surface area contributed by atoms with Crippen molar-refractivity contribution in [2.24, 2.45) is 0 Å². The number of nitro benzene ring substituents is 1. The van der Waals surface area contributed by atoms with Crippen molar-refractivity contribution in [2.45, 2.75) is 4.90 Å². The molecule has 1 aromatic rings. The van der Waals surface area contributed by atoms with Crippen molar-refractivity contribution in [3.8, 4) is 5.75 Å². The monoisotopic (exact) mass is 315 g/mol. The van der Waals surface area contributed by atoms with E-state index in [1.165, 1.54) is 32.4 Å². The van der Waals surface area contributed by atoms with Gasteiger partial charge in [-0.1, -0.05) is 0 Å². The third kappa shape index (κ3) is 5.30. The van der Waals surface area contributed by atoms with Crippen LogP contribution in [0.15, 0.2) is 23.1 Å². The van der Waals surface area contributed by atoms with E-state index in [0.29, 0.717) is 4.90 Å². The maximum atomic E-state index is 11.1. The number of nitro groups is 1. The Morgan fingerprint density at radius 1 is 1.24 bits per heavy atom. The summed E-state index contributed by atoms with van der Waals surface area (Å²) >= 11 is 1.09. The number of carbonyl (C=O) groups excluding carboxylic acids is 2. The smallest absolute Gasteiger partial charge is 0.343 e. The van der Waals surface area contributed by atoms with Crippen LogP contribution in [0.25, 0.3) is 0 Å². The minimum absolute atomic E-state index is 0.0168. The largest absolute Gasteiger partial charge is 0.480 e. The zero-order valence-electron chi connectivity index (χ0n) is 11.4. The summed E-state index contributed by atoms with van der Waals surface area (Å²) in [6, 6.07) is 3.91. The van der Waals surface area contributed by atoms with Crippen LogP contribution in [0.2, 0.25) is 0 Å². The third-order valence-electron chi connectivity index (χ3n) is 2.28. The number of hydrogen-bond acceptors (Lipinski definition) is 8. The third-order valence-corrected chi connectivity index (χ3v) is 3.31. The predicted octanol–water partition coefficient (Wildman–Crippen LogP) is 1.41. The van der Waals surface area contributed by atoms with Crippen molar-refractivity contribution in [1.82, 2.24) is 0 Å². The van der Waals surface area contributed by atoms with Crippen LogP contribution >= 0.6 is 11.8 Å². The summed E-state index contributed by atoms with van der Waals surface area (Å²) in [5, 5.41) is 10.7. The van der Waals surface area contributed by atoms with Gasteiger partial charge < -0.3 is 14.2 Å². The highest BCUT2D eigenvalue weighted by molar-refractivity contribution is 8.00. The van der Waals surface area contributed by atoms with E-state index < -0.39 is 16.9 Å². The number of hydrogen-bond donors (Lipinski definition) is 0. The lowest BCUT2D eigenvalue weighted by Gasteiger charge is -2.09. The highest BCUT2D eigenvalue weighted by Gasteiger charge is 2.15. The van der Waals surface area contributed by atoms with Gasteiger partial charge in [-0.15, -0.1) is 11.8 Å². The molecule has 0 saturated heterocycles. The molecule has 0 unspecified atom stereocenters. The number of methoxy groups -OCH3 is 2. The minimum Gasteiger partial charge on any atom is -0.480 e. The van der Waals surface area contributed by atoms with Gasteiger partial charge in [0.2, 0.25) is 0 Å². The molecule has 0 aliphatic rings. The van der Waals surface area contributed by atoms with Gasteiger partial charge in [0, 0.05) is 6.07 Å². The summed E-state index contributed by atoms with van der Waals surface area (Å²) in [4.78, 5) is 32.8. The summed E-state index contributed by atoms with van der Waals surface area (Å²) in [5.74, 6) is -0.922. The summed E-state index contributed by atoms with van der Waals surface area (Å²) in [7, 11) is 2.46. The van der Waals surface area contributed by atoms with Crippen LogP contribution < -0.4 is 4.74 Å². The van der Waals surface area contributed by atoms with E-state index in [4.69, 9.17) is 4.74 Å². The molecular formula is C12H13NO7S. The quantitative estimate of drug-likeness (QED) is 0.322. The number of esters is 2. The predicted molar refractivity (Wildman–Crippen MR) is 73.3 cm³/mol. The molecule has 21 heavy (non-hydrogen) atoms. The van der Waals surface area contributed by atoms with Crippen LogP contribution in [0.1, 0.15) is 0 Å². The average molecular weight is 315 g/mol. The van der Waals surface area contributed by atoms with Gasteiger partial charge in [-0.05, 0) is 6.07 Å². The first kappa shape index (κ1) is 16.8. The zero-order chi connectivity index (χ0) is 15.8. The Bertz CT molecular complexity index is 546. The van der Waals surface area contributed by atoms with Gasteiger partial charge in [-0.3, -0.25) is 14.9 Å². The van der Waals surface area contributed by atoms with Gasteiger partial charge >= 0.3 is 11.9 Å². The second-order valence-corrected chi connectivity index (χ2v) is 4.63. The molecule has 0 saturated carbocycles. The molecule has 8 nitrogen and oxygen atoms in total. The van der Waals surface area contributed by atoms with Crippen LogP contribution in [-0.4, -0.2) is 43.4 Å². The second kappa shape index (κ2) is 8.10. The maximum absolute atomic E-state index is 11.1. The molecule has 114 valence electrons. The fraction of sp³-hybridized carbons (Fsp3) is 0.333. The second-order valence-electron chi connectivity index (χ2n) is 3.62. The summed E-state index contributed by atoms with van der Waals surface area (Å²) in [6.45, 7) is -0.385. The van der Waals surface area contributed by atoms with E-state index >= 15 is 0 Å². The highest BCUT2D eigenvalue weighted by Crippen LogP contribution is 2.32. The van der Waals surface area contributed by atoms with Gasteiger partial charge in [-0.2, -0.15) is 0 Å². The Hall–Kier alpha value is -2.29. The van der Waals surface area contributed by atoms with Gasteiger partial charge in [0.15, 0.2) is 6.61 Å². The van der Waals surface area contributed by atoms with E-state index in [0.717, 1.165) is 11.8 Å². The number of non-ortho nitro benzene ring substituents is 1. The lowest BCUT2D eigenvalue weighted by Crippen LogP contribution is -2.13. The molecule has 1 aromatic carbocycles. The highest BCUT2D eigenvalue weighted by atomic mass is 32.2. The Morgan fingerprint density at radius 3 is 2.48 bits per heavy atom. The minimum atomic E-state index is -0.620. The van der Waals surface area contributed by atoms with Crippen molar-refractivity contribution in [3.63, 3.8) is 0 Å². The van der Waals surface area contributed by atoms with Crippen LogP contribution in [0.5, 0.6) is 5.75 Å². The number of carbonyl (C=O) groups is 2. The summed E-state index contributed by atoms with van der Waals surface area (Å²) in [6.07, 6.45) is 0. The number of thioether (sulfide) groups is 1. The number of ether oxygens (including phenoxy) is 3. The Labute approximate surface area is 124 Å². The van der Waals surface area contributed by atoms with E-state index in [1.807, 2.05) is 0 Å². The van der Waals surface area contributed by atoms with Crippen LogP contribution in [0, 0.1) is 10.1 Å². The SMILES string of the molecule is COC(=O)COc1cc([N+](=O)[O-])ccc1SCC(=O)OC. The van der Waals surface area contributed by atoms with Gasteiger partial charge in [0.1, 0.15) is 5.75 Å². The molecule has 0 aliphatic heterocycles. The molecule has 0 N–H and O–H groups in total. The van der Waals surface area contributed by atoms with Gasteiger partial charge in [0.05, 0.1) is 35.9 Å². The Balaban J connectivity index is 2.91. The zero-order valence-corrected chi connectivity index (χ0v) is 12.2. The van der Waals surface area contributed by atoms with Gasteiger partial charge in [-0.25, -0.2) is 4.79 Å². The molecular weight excluding hydrogens is 302 g/mol. The van der Waals surface area contributed by atoms with Gasteiger partial charge in [0.25, 0.3) is 5.69 Å². The number of benzene rings is 1. The molecule has 0 aromatic heterocycles. The lowest BCUT2D eigenvalue weighted by atomic mass is 10.3. The van der Waals surface area contributed by atoms with E-state index in [9.17, 15) is 19.7 Å². The first-order valence-electron chi connectivity index (χ1n) is 5.65. The molecule has 0 fully saturated rings. The van der Waals surface area contributed by atoms with Crippen molar-refractivity contribution in [1.29, 1.82) is 0 Å². The molecule has 0 heterocycles. The standard InChI is InChI=1S/C12H13NO7S/c1-18-11(14)6-20-9-5-8(13(16)17)3-4-10(9)21-7-12(15)19-2/h3-5H,6-7H2,1-2H3. The van der Waals surface area contributed by atoms with Crippen molar-refractivity contribution in [2.75, 3.05) is 26.6 Å². The van der Waals surface area contributed by atoms with Crippen molar-refractivity contribution < 1.29 is 28.7 Å². The van der Waals surface area contributed by atoms with Crippen LogP contribution in [0.4, 0.5) is 5.69 Å². The molecule has 0 amide bonds. The molecule has 0 spiro atoms. The fourth-order valence-corrected chi connectivity index (χ4v) is 2.05. The van der Waals surface area contributed by atoms with Crippen molar-refractivity contribution >= 4 is 29.4 Å². The first-order valence-corrected chi connectivity index (χ1v) is 6.64. The van der Waals surface area contributed by atoms with Crippen LogP contribution in [-0.2, 0) is 19.1 Å². The maximum Gasteiger partial charge on any atom is 0.343 e. The topological polar surface area (TPSA) is 105 Å². The van der Waals surface area contributed by atoms with Crippen LogP contribution in [0.3, 0.4) is 0 Å². The molecule has 0 atom stereocenters. The normalized spacial score (nSPS) is 9.81. The number of nitrogens with zero attached hydrogens (tertiary/aromatic N) is 1. The lowest BCUT2D eigenvalue weighted by molar-refractivity contribution is -0.385.